The topological polar surface area (TPSA) is 117 Å². The third-order valence-corrected chi connectivity index (χ3v) is 8.85. The Kier molecular flexibility index (Phi) is 6.02. The van der Waals surface area contributed by atoms with Crippen molar-refractivity contribution in [1.82, 2.24) is 15.4 Å². The van der Waals surface area contributed by atoms with Gasteiger partial charge in [-0.25, -0.2) is 19.4 Å². The molecule has 5 aromatic rings. The lowest BCUT2D eigenvalue weighted by Crippen LogP contribution is -2.34. The van der Waals surface area contributed by atoms with Crippen molar-refractivity contribution in [2.24, 2.45) is 4.99 Å². The third kappa shape index (κ3) is 4.17. The Balaban J connectivity index is 1.42. The van der Waals surface area contributed by atoms with Crippen molar-refractivity contribution in [3.63, 3.8) is 0 Å². The van der Waals surface area contributed by atoms with Crippen molar-refractivity contribution in [2.75, 3.05) is 5.01 Å². The lowest BCUT2D eigenvalue weighted by Gasteiger charge is -2.23. The first-order chi connectivity index (χ1) is 18.2. The Labute approximate surface area is 229 Å². The van der Waals surface area contributed by atoms with Crippen molar-refractivity contribution in [3.8, 4) is 5.75 Å². The minimum absolute atomic E-state index is 0.0202. The van der Waals surface area contributed by atoms with Gasteiger partial charge >= 0.3 is 5.69 Å². The lowest BCUT2D eigenvalue weighted by atomic mass is 10.0. The van der Waals surface area contributed by atoms with Gasteiger partial charge in [0.1, 0.15) is 22.4 Å². The average Bonchev–Trinajstić information content (AvgIpc) is 3.61. The number of anilines is 1. The summed E-state index contributed by atoms with van der Waals surface area (Å²) in [6, 6.07) is 10.1. The number of aliphatic imine (C=N–C) groups is 1. The first kappa shape index (κ1) is 24.7. The predicted molar refractivity (Wildman–Crippen MR) is 144 cm³/mol. The van der Waals surface area contributed by atoms with E-state index in [0.717, 1.165) is 23.0 Å². The molecule has 1 fully saturated rings. The predicted octanol–water partition coefficient (Wildman–Crippen LogP) is 7.29. The number of nitro benzene ring substituents is 1. The van der Waals surface area contributed by atoms with E-state index in [-0.39, 0.29) is 37.2 Å². The van der Waals surface area contributed by atoms with E-state index in [2.05, 4.69) is 20.4 Å². The Morgan fingerprint density at radius 2 is 1.82 bits per heavy atom. The number of benzene rings is 3. The number of hydrogen-bond donors (Lipinski definition) is 2. The zero-order valence-electron chi connectivity index (χ0n) is 18.7. The summed E-state index contributed by atoms with van der Waals surface area (Å²) < 4.78 is 29.1. The maximum absolute atomic E-state index is 14.3. The number of thiazole rings is 2. The van der Waals surface area contributed by atoms with E-state index in [0.29, 0.717) is 27.6 Å². The standard InChI is InChI=1S/C23H12Cl2F2N6O3S2/c24-17-11(26)5-6-12-20(17)38-23(29-12)32-14(9-1-3-10(34)4-2-9)8-16(31-32)30-22-28-13-7-15(33(35)36)19(27)18(25)21(13)37-22/h1-7,14,34H,8H2,(H,28,30,31). The van der Waals surface area contributed by atoms with Crippen LogP contribution in [0.3, 0.4) is 0 Å². The number of halogens is 4. The SMILES string of the molecule is O=[N+]([O-])c1cc2nc(/N=C3/CC(c4ccc(O)cc4)N(c4nc5ccc(F)c(Cl)c5s4)N3)sc2c(Cl)c1F. The Morgan fingerprint density at radius 1 is 1.08 bits per heavy atom. The number of hydrogen-bond acceptors (Lipinski definition) is 9. The van der Waals surface area contributed by atoms with Crippen LogP contribution < -0.4 is 10.4 Å². The second kappa shape index (κ2) is 9.27. The van der Waals surface area contributed by atoms with Crippen LogP contribution in [0.2, 0.25) is 10.0 Å². The van der Waals surface area contributed by atoms with Gasteiger partial charge in [0.25, 0.3) is 0 Å². The molecular weight excluding hydrogens is 581 g/mol. The first-order valence-electron chi connectivity index (χ1n) is 10.8. The number of nitrogens with one attached hydrogen (secondary N) is 1. The average molecular weight is 593 g/mol. The number of phenolic OH excluding ortho intramolecular Hbond substituents is 1. The van der Waals surface area contributed by atoms with Crippen LogP contribution in [-0.4, -0.2) is 25.8 Å². The molecule has 3 heterocycles. The Bertz CT molecular complexity index is 1790. The number of amidine groups is 1. The summed E-state index contributed by atoms with van der Waals surface area (Å²) in [5, 5.41) is 23.0. The van der Waals surface area contributed by atoms with Gasteiger partial charge in [0.2, 0.25) is 16.1 Å². The highest BCUT2D eigenvalue weighted by Crippen LogP contribution is 2.42. The van der Waals surface area contributed by atoms with Crippen LogP contribution in [0, 0.1) is 21.7 Å². The summed E-state index contributed by atoms with van der Waals surface area (Å²) >= 11 is 14.4. The summed E-state index contributed by atoms with van der Waals surface area (Å²) in [5.41, 5.74) is 3.94. The monoisotopic (exact) mass is 592 g/mol. The highest BCUT2D eigenvalue weighted by molar-refractivity contribution is 7.23. The number of aromatic hydroxyl groups is 1. The zero-order valence-corrected chi connectivity index (χ0v) is 21.8. The fourth-order valence-electron chi connectivity index (χ4n) is 4.06. The fourth-order valence-corrected chi connectivity index (χ4v) is 6.51. The molecule has 2 aromatic heterocycles. The van der Waals surface area contributed by atoms with Crippen LogP contribution >= 0.6 is 45.9 Å². The van der Waals surface area contributed by atoms with Gasteiger partial charge < -0.3 is 5.11 Å². The molecule has 3 aromatic carbocycles. The molecular formula is C23H12Cl2F2N6O3S2. The van der Waals surface area contributed by atoms with E-state index in [1.165, 1.54) is 17.4 Å². The largest absolute Gasteiger partial charge is 0.508 e. The molecule has 1 saturated heterocycles. The van der Waals surface area contributed by atoms with Gasteiger partial charge in [0.15, 0.2) is 0 Å². The highest BCUT2D eigenvalue weighted by atomic mass is 35.5. The van der Waals surface area contributed by atoms with Gasteiger partial charge in [-0.15, -0.1) is 0 Å². The number of rotatable bonds is 4. The van der Waals surface area contributed by atoms with Gasteiger partial charge in [-0.3, -0.25) is 20.5 Å². The summed E-state index contributed by atoms with van der Waals surface area (Å²) in [5.74, 6) is -1.09. The number of nitro groups is 1. The molecule has 192 valence electrons. The molecule has 6 rings (SSSR count). The molecule has 0 bridgehead atoms. The van der Waals surface area contributed by atoms with Crippen LogP contribution in [-0.2, 0) is 0 Å². The van der Waals surface area contributed by atoms with Crippen LogP contribution in [0.25, 0.3) is 20.4 Å². The van der Waals surface area contributed by atoms with Crippen LogP contribution in [0.1, 0.15) is 18.0 Å². The van der Waals surface area contributed by atoms with E-state index in [1.54, 1.807) is 35.3 Å². The maximum Gasteiger partial charge on any atom is 0.308 e. The smallest absolute Gasteiger partial charge is 0.308 e. The van der Waals surface area contributed by atoms with Gasteiger partial charge in [0.05, 0.1) is 36.4 Å². The summed E-state index contributed by atoms with van der Waals surface area (Å²) in [7, 11) is 0. The van der Waals surface area contributed by atoms with Crippen LogP contribution in [0.15, 0.2) is 47.5 Å². The van der Waals surface area contributed by atoms with E-state index in [9.17, 15) is 24.0 Å². The fraction of sp³-hybridized carbons (Fsp3) is 0.0870. The highest BCUT2D eigenvalue weighted by Gasteiger charge is 2.33. The Hall–Kier alpha value is -3.65. The van der Waals surface area contributed by atoms with Crippen LogP contribution in [0.4, 0.5) is 24.7 Å². The molecule has 0 spiro atoms. The number of phenols is 1. The second-order valence-corrected chi connectivity index (χ2v) is 10.9. The van der Waals surface area contributed by atoms with Crippen molar-refractivity contribution in [1.29, 1.82) is 0 Å². The number of hydrazine groups is 1. The van der Waals surface area contributed by atoms with Gasteiger partial charge in [0, 0.05) is 12.5 Å². The molecule has 38 heavy (non-hydrogen) atoms. The summed E-state index contributed by atoms with van der Waals surface area (Å²) in [6.45, 7) is 0. The summed E-state index contributed by atoms with van der Waals surface area (Å²) in [6.07, 6.45) is 0.362. The molecule has 15 heteroatoms. The molecule has 0 radical (unpaired) electrons. The Morgan fingerprint density at radius 3 is 2.55 bits per heavy atom. The van der Waals surface area contributed by atoms with Gasteiger partial charge in [-0.2, -0.15) is 4.39 Å². The number of nitrogens with zero attached hydrogens (tertiary/aromatic N) is 5. The summed E-state index contributed by atoms with van der Waals surface area (Å²) in [4.78, 5) is 23.8. The van der Waals surface area contributed by atoms with Crippen molar-refractivity contribution in [2.45, 2.75) is 12.5 Å². The molecule has 0 aliphatic carbocycles. The molecule has 9 nitrogen and oxygen atoms in total. The second-order valence-electron chi connectivity index (χ2n) is 8.18. The molecule has 0 saturated carbocycles. The maximum atomic E-state index is 14.3. The zero-order chi connectivity index (χ0) is 26.7. The van der Waals surface area contributed by atoms with Crippen LogP contribution in [0.5, 0.6) is 5.75 Å². The number of fused-ring (bicyclic) bond motifs is 2. The van der Waals surface area contributed by atoms with Gasteiger partial charge in [-0.05, 0) is 29.8 Å². The van der Waals surface area contributed by atoms with Crippen molar-refractivity contribution < 1.29 is 18.8 Å². The van der Waals surface area contributed by atoms with Gasteiger partial charge in [-0.1, -0.05) is 58.0 Å². The quantitative estimate of drug-likeness (QED) is 0.166. The minimum atomic E-state index is -1.13. The molecule has 1 atom stereocenters. The van der Waals surface area contributed by atoms with E-state index in [4.69, 9.17) is 23.2 Å². The minimum Gasteiger partial charge on any atom is -0.508 e. The van der Waals surface area contributed by atoms with E-state index < -0.39 is 22.2 Å². The third-order valence-electron chi connectivity index (χ3n) is 5.83. The molecule has 0 amide bonds. The number of aromatic nitrogens is 2. The van der Waals surface area contributed by atoms with Crippen molar-refractivity contribution in [3.05, 3.63) is 79.8 Å². The normalized spacial score (nSPS) is 16.6. The lowest BCUT2D eigenvalue weighted by molar-refractivity contribution is -0.387. The molecule has 1 aliphatic rings. The van der Waals surface area contributed by atoms with E-state index >= 15 is 0 Å². The molecule has 1 aliphatic heterocycles. The van der Waals surface area contributed by atoms with Crippen molar-refractivity contribution >= 4 is 88.1 Å². The first-order valence-corrected chi connectivity index (χ1v) is 13.2. The molecule has 1 unspecified atom stereocenters. The molecule has 2 N–H and O–H groups in total. The van der Waals surface area contributed by atoms with E-state index in [1.807, 2.05) is 0 Å².